The Balaban J connectivity index is 1.37. The van der Waals surface area contributed by atoms with Crippen molar-refractivity contribution in [3.05, 3.63) is 59.4 Å². The number of likely N-dealkylation sites (N-methyl/N-ethyl adjacent to an activating group) is 2. The number of rotatable bonds is 4. The van der Waals surface area contributed by atoms with E-state index < -0.39 is 0 Å². The first kappa shape index (κ1) is 20.2. The molecule has 2 unspecified atom stereocenters. The average Bonchev–Trinajstić information content (AvgIpc) is 3.26. The topological polar surface area (TPSA) is 79.7 Å². The number of hydrogen-bond acceptors (Lipinski definition) is 5. The molecule has 0 aromatic heterocycles. The standard InChI is InChI=1S/C23H27N5O2/c1-26-15-20(19-6-9-25-21(19)23(26)30)22(29)27(2)18-7-10-28(11-8-18)14-17-5-3-4-16(12-17)13-24/h3-6,9,12,15,18-19,21,25H,7-8,10-11,14H2,1-2H3. The molecule has 1 aromatic rings. The van der Waals surface area contributed by atoms with E-state index in [1.165, 1.54) is 4.90 Å². The van der Waals surface area contributed by atoms with Crippen LogP contribution >= 0.6 is 0 Å². The van der Waals surface area contributed by atoms with Crippen molar-refractivity contribution in [2.24, 2.45) is 5.92 Å². The Labute approximate surface area is 177 Å². The van der Waals surface area contributed by atoms with Crippen molar-refractivity contribution < 1.29 is 9.59 Å². The maximum atomic E-state index is 13.2. The number of carbonyl (C=O) groups excluding carboxylic acids is 2. The summed E-state index contributed by atoms with van der Waals surface area (Å²) in [5, 5.41) is 12.1. The fraction of sp³-hybridized carbons (Fsp3) is 0.435. The van der Waals surface area contributed by atoms with Crippen molar-refractivity contribution in [1.82, 2.24) is 20.0 Å². The van der Waals surface area contributed by atoms with Crippen molar-refractivity contribution in [2.75, 3.05) is 27.2 Å². The van der Waals surface area contributed by atoms with E-state index in [1.807, 2.05) is 36.2 Å². The van der Waals surface area contributed by atoms with Gasteiger partial charge in [0.2, 0.25) is 5.91 Å². The molecular formula is C23H27N5O2. The lowest BCUT2D eigenvalue weighted by Gasteiger charge is -2.38. The molecule has 3 heterocycles. The number of fused-ring (bicyclic) bond motifs is 1. The monoisotopic (exact) mass is 405 g/mol. The number of hydrogen-bond donors (Lipinski definition) is 1. The lowest BCUT2D eigenvalue weighted by molar-refractivity contribution is -0.133. The molecule has 7 heteroatoms. The summed E-state index contributed by atoms with van der Waals surface area (Å²) in [6.45, 7) is 2.63. The van der Waals surface area contributed by atoms with Gasteiger partial charge in [-0.2, -0.15) is 5.26 Å². The maximum Gasteiger partial charge on any atom is 0.251 e. The van der Waals surface area contributed by atoms with Gasteiger partial charge in [-0.3, -0.25) is 14.5 Å². The van der Waals surface area contributed by atoms with Crippen LogP contribution in [0.4, 0.5) is 0 Å². The number of piperidine rings is 1. The molecule has 1 N–H and O–H groups in total. The number of carbonyl (C=O) groups is 2. The second-order valence-corrected chi connectivity index (χ2v) is 8.30. The molecule has 0 bridgehead atoms. The van der Waals surface area contributed by atoms with E-state index in [9.17, 15) is 9.59 Å². The largest absolute Gasteiger partial charge is 0.379 e. The third-order valence-electron chi connectivity index (χ3n) is 6.38. The molecule has 1 aromatic carbocycles. The molecule has 0 saturated carbocycles. The highest BCUT2D eigenvalue weighted by Gasteiger charge is 2.41. The van der Waals surface area contributed by atoms with E-state index >= 15 is 0 Å². The van der Waals surface area contributed by atoms with Crippen LogP contribution in [0.3, 0.4) is 0 Å². The molecule has 0 aliphatic carbocycles. The normalized spacial score (nSPS) is 24.1. The molecule has 0 radical (unpaired) electrons. The summed E-state index contributed by atoms with van der Waals surface area (Å²) >= 11 is 0. The summed E-state index contributed by atoms with van der Waals surface area (Å²) in [5.74, 6) is -0.216. The zero-order chi connectivity index (χ0) is 21.3. The van der Waals surface area contributed by atoms with Crippen LogP contribution in [0.25, 0.3) is 0 Å². The van der Waals surface area contributed by atoms with E-state index in [2.05, 4.69) is 22.4 Å². The number of nitriles is 1. The van der Waals surface area contributed by atoms with Crippen LogP contribution in [0.5, 0.6) is 0 Å². The van der Waals surface area contributed by atoms with Crippen LogP contribution < -0.4 is 5.32 Å². The quantitative estimate of drug-likeness (QED) is 0.820. The molecule has 2 amide bonds. The number of nitrogens with zero attached hydrogens (tertiary/aromatic N) is 4. The van der Waals surface area contributed by atoms with Crippen molar-refractivity contribution in [2.45, 2.75) is 31.5 Å². The molecule has 0 spiro atoms. The average molecular weight is 406 g/mol. The van der Waals surface area contributed by atoms with Crippen molar-refractivity contribution in [1.29, 1.82) is 5.26 Å². The first-order chi connectivity index (χ1) is 14.5. The smallest absolute Gasteiger partial charge is 0.251 e. The fourth-order valence-corrected chi connectivity index (χ4v) is 4.59. The van der Waals surface area contributed by atoms with Gasteiger partial charge < -0.3 is 15.1 Å². The van der Waals surface area contributed by atoms with Gasteiger partial charge in [0.1, 0.15) is 6.04 Å². The lowest BCUT2D eigenvalue weighted by Crippen LogP contribution is -2.51. The second kappa shape index (κ2) is 8.33. The highest BCUT2D eigenvalue weighted by Crippen LogP contribution is 2.30. The number of nitrogens with one attached hydrogen (secondary N) is 1. The molecule has 1 saturated heterocycles. The summed E-state index contributed by atoms with van der Waals surface area (Å²) in [4.78, 5) is 31.3. The Hall–Kier alpha value is -3.11. The van der Waals surface area contributed by atoms with Crippen molar-refractivity contribution >= 4 is 11.8 Å². The maximum absolute atomic E-state index is 13.2. The number of benzene rings is 1. The molecule has 2 atom stereocenters. The lowest BCUT2D eigenvalue weighted by atomic mass is 9.88. The van der Waals surface area contributed by atoms with Crippen LogP contribution in [-0.4, -0.2) is 65.8 Å². The van der Waals surface area contributed by atoms with Crippen LogP contribution in [0, 0.1) is 17.2 Å². The zero-order valence-corrected chi connectivity index (χ0v) is 17.4. The van der Waals surface area contributed by atoms with Crippen molar-refractivity contribution in [3.8, 4) is 6.07 Å². The van der Waals surface area contributed by atoms with E-state index in [0.717, 1.165) is 38.0 Å². The van der Waals surface area contributed by atoms with E-state index in [0.29, 0.717) is 11.1 Å². The third kappa shape index (κ3) is 3.83. The molecule has 7 nitrogen and oxygen atoms in total. The van der Waals surface area contributed by atoms with E-state index in [-0.39, 0.29) is 29.8 Å². The predicted molar refractivity (Wildman–Crippen MR) is 113 cm³/mol. The van der Waals surface area contributed by atoms with Gasteiger partial charge in [0.05, 0.1) is 11.6 Å². The molecule has 1 fully saturated rings. The van der Waals surface area contributed by atoms with Gasteiger partial charge in [0.25, 0.3) is 5.91 Å². The van der Waals surface area contributed by atoms with Crippen LogP contribution in [0.15, 0.2) is 48.3 Å². The van der Waals surface area contributed by atoms with E-state index in [4.69, 9.17) is 5.26 Å². The van der Waals surface area contributed by atoms with Gasteiger partial charge in [0.15, 0.2) is 0 Å². The minimum atomic E-state index is -0.377. The first-order valence-electron chi connectivity index (χ1n) is 10.4. The Morgan fingerprint density at radius 1 is 1.33 bits per heavy atom. The Morgan fingerprint density at radius 2 is 2.10 bits per heavy atom. The highest BCUT2D eigenvalue weighted by atomic mass is 16.2. The van der Waals surface area contributed by atoms with Crippen LogP contribution in [0.1, 0.15) is 24.0 Å². The van der Waals surface area contributed by atoms with Gasteiger partial charge >= 0.3 is 0 Å². The minimum absolute atomic E-state index is 0.00197. The molecule has 4 rings (SSSR count). The summed E-state index contributed by atoms with van der Waals surface area (Å²) in [7, 11) is 3.57. The summed E-state index contributed by atoms with van der Waals surface area (Å²) < 4.78 is 0. The predicted octanol–water partition coefficient (Wildman–Crippen LogP) is 1.44. The van der Waals surface area contributed by atoms with Crippen LogP contribution in [0.2, 0.25) is 0 Å². The SMILES string of the molecule is CN1C=C(C(=O)N(C)C2CCN(Cc3cccc(C#N)c3)CC2)C2C=CNC2C1=O. The molecular weight excluding hydrogens is 378 g/mol. The second-order valence-electron chi connectivity index (χ2n) is 8.30. The Bertz CT molecular complexity index is 939. The fourth-order valence-electron chi connectivity index (χ4n) is 4.59. The highest BCUT2D eigenvalue weighted by molar-refractivity contribution is 5.99. The first-order valence-corrected chi connectivity index (χ1v) is 10.4. The number of amides is 2. The summed E-state index contributed by atoms with van der Waals surface area (Å²) in [6.07, 6.45) is 7.18. The zero-order valence-electron chi connectivity index (χ0n) is 17.4. The van der Waals surface area contributed by atoms with Gasteiger partial charge in [-0.25, -0.2) is 0 Å². The number of likely N-dealkylation sites (tertiary alicyclic amines) is 1. The Morgan fingerprint density at radius 3 is 2.83 bits per heavy atom. The van der Waals surface area contributed by atoms with E-state index in [1.54, 1.807) is 19.4 Å². The van der Waals surface area contributed by atoms with Crippen LogP contribution in [-0.2, 0) is 16.1 Å². The minimum Gasteiger partial charge on any atom is -0.379 e. The third-order valence-corrected chi connectivity index (χ3v) is 6.38. The van der Waals surface area contributed by atoms with Gasteiger partial charge in [-0.1, -0.05) is 18.2 Å². The summed E-state index contributed by atoms with van der Waals surface area (Å²) in [6, 6.07) is 9.73. The molecule has 3 aliphatic heterocycles. The summed E-state index contributed by atoms with van der Waals surface area (Å²) in [5.41, 5.74) is 2.50. The molecule has 156 valence electrons. The van der Waals surface area contributed by atoms with Crippen molar-refractivity contribution in [3.63, 3.8) is 0 Å². The molecule has 30 heavy (non-hydrogen) atoms. The van der Waals surface area contributed by atoms with Gasteiger partial charge in [-0.15, -0.1) is 0 Å². The van der Waals surface area contributed by atoms with Gasteiger partial charge in [-0.05, 0) is 36.7 Å². The van der Waals surface area contributed by atoms with Gasteiger partial charge in [0, 0.05) is 57.5 Å². The molecule has 3 aliphatic rings. The Kier molecular flexibility index (Phi) is 5.60.